The van der Waals surface area contributed by atoms with Gasteiger partial charge in [-0.05, 0) is 13.0 Å². The van der Waals surface area contributed by atoms with Crippen molar-refractivity contribution in [3.05, 3.63) is 18.2 Å². The first-order chi connectivity index (χ1) is 7.93. The second-order valence-corrected chi connectivity index (χ2v) is 4.37. The fourth-order valence-corrected chi connectivity index (χ4v) is 1.81. The number of hydrogen-bond acceptors (Lipinski definition) is 2. The zero-order valence-corrected chi connectivity index (χ0v) is 10.5. The molecule has 3 heteroatoms. The lowest BCUT2D eigenvalue weighted by molar-refractivity contribution is 0.561. The number of hydrogen-bond donors (Lipinski definition) is 2. The zero-order valence-electron chi connectivity index (χ0n) is 10.5. The molecule has 0 atom stereocenters. The maximum atomic E-state index is 3.98. The summed E-state index contributed by atoms with van der Waals surface area (Å²) in [7, 11) is 0. The largest absolute Gasteiger partial charge is 0.347 e. The van der Waals surface area contributed by atoms with Gasteiger partial charge in [-0.1, -0.05) is 45.4 Å². The molecule has 0 bridgehead atoms. The third-order valence-electron chi connectivity index (χ3n) is 2.83. The summed E-state index contributed by atoms with van der Waals surface area (Å²) in [5.41, 5.74) is 1.17. The molecule has 0 aliphatic rings. The Balaban J connectivity index is 1.78. The lowest BCUT2D eigenvalue weighted by Crippen LogP contribution is -2.14. The number of rotatable bonds is 10. The van der Waals surface area contributed by atoms with E-state index in [9.17, 15) is 0 Å². The van der Waals surface area contributed by atoms with Crippen LogP contribution in [0.4, 0.5) is 0 Å². The number of unbranched alkanes of at least 4 members (excludes halogenated alkanes) is 6. The quantitative estimate of drug-likeness (QED) is 0.598. The first-order valence-corrected chi connectivity index (χ1v) is 6.61. The van der Waals surface area contributed by atoms with Crippen LogP contribution in [0.3, 0.4) is 0 Å². The fraction of sp³-hybridized carbons (Fsp3) is 0.769. The molecular weight excluding hydrogens is 198 g/mol. The average Bonchev–Trinajstić information content (AvgIpc) is 2.80. The second-order valence-electron chi connectivity index (χ2n) is 4.37. The lowest BCUT2D eigenvalue weighted by Gasteiger charge is -2.03. The third kappa shape index (κ3) is 6.62. The van der Waals surface area contributed by atoms with Crippen molar-refractivity contribution >= 4 is 0 Å². The topological polar surface area (TPSA) is 40.7 Å². The highest BCUT2D eigenvalue weighted by Crippen LogP contribution is 2.06. The van der Waals surface area contributed by atoms with Gasteiger partial charge in [0, 0.05) is 18.4 Å². The second kappa shape index (κ2) is 9.40. The number of aromatic amines is 1. The molecule has 0 spiro atoms. The van der Waals surface area contributed by atoms with E-state index in [0.717, 1.165) is 13.1 Å². The number of imidazole rings is 1. The molecule has 2 N–H and O–H groups in total. The van der Waals surface area contributed by atoms with Gasteiger partial charge in [0.2, 0.25) is 0 Å². The van der Waals surface area contributed by atoms with Crippen LogP contribution >= 0.6 is 0 Å². The van der Waals surface area contributed by atoms with Crippen LogP contribution < -0.4 is 5.32 Å². The molecule has 1 heterocycles. The normalized spacial score (nSPS) is 10.8. The van der Waals surface area contributed by atoms with Crippen molar-refractivity contribution in [3.8, 4) is 0 Å². The van der Waals surface area contributed by atoms with E-state index < -0.39 is 0 Å². The van der Waals surface area contributed by atoms with Gasteiger partial charge in [-0.25, -0.2) is 4.98 Å². The summed E-state index contributed by atoms with van der Waals surface area (Å²) in [6, 6.07) is 0. The number of aromatic nitrogens is 2. The highest BCUT2D eigenvalue weighted by Gasteiger charge is 1.93. The Labute approximate surface area is 99.1 Å². The van der Waals surface area contributed by atoms with E-state index in [-0.39, 0.29) is 0 Å². The minimum absolute atomic E-state index is 0.913. The van der Waals surface area contributed by atoms with Gasteiger partial charge in [0.25, 0.3) is 0 Å². The Bertz CT molecular complexity index is 231. The minimum Gasteiger partial charge on any atom is -0.347 e. The van der Waals surface area contributed by atoms with E-state index in [2.05, 4.69) is 22.2 Å². The Kier molecular flexibility index (Phi) is 7.78. The summed E-state index contributed by atoms with van der Waals surface area (Å²) < 4.78 is 0. The molecule has 1 rings (SSSR count). The van der Waals surface area contributed by atoms with E-state index in [0.29, 0.717) is 0 Å². The smallest absolute Gasteiger partial charge is 0.0922 e. The minimum atomic E-state index is 0.913. The summed E-state index contributed by atoms with van der Waals surface area (Å²) in [6.45, 7) is 4.29. The van der Waals surface area contributed by atoms with Gasteiger partial charge in [0.1, 0.15) is 0 Å². The Hall–Kier alpha value is -0.830. The van der Waals surface area contributed by atoms with Crippen LogP contribution in [-0.4, -0.2) is 16.5 Å². The van der Waals surface area contributed by atoms with Crippen LogP contribution in [0.5, 0.6) is 0 Å². The maximum Gasteiger partial charge on any atom is 0.0922 e. The number of nitrogens with zero attached hydrogens (tertiary/aromatic N) is 1. The van der Waals surface area contributed by atoms with E-state index in [1.165, 1.54) is 50.6 Å². The van der Waals surface area contributed by atoms with E-state index in [4.69, 9.17) is 0 Å². The van der Waals surface area contributed by atoms with E-state index in [1.807, 2.05) is 6.20 Å². The molecule has 0 radical (unpaired) electrons. The monoisotopic (exact) mass is 223 g/mol. The molecule has 1 aromatic heterocycles. The van der Waals surface area contributed by atoms with Gasteiger partial charge in [0.05, 0.1) is 6.33 Å². The van der Waals surface area contributed by atoms with Crippen LogP contribution in [0.15, 0.2) is 12.5 Å². The van der Waals surface area contributed by atoms with Gasteiger partial charge in [0.15, 0.2) is 0 Å². The van der Waals surface area contributed by atoms with Gasteiger partial charge in [-0.2, -0.15) is 0 Å². The van der Waals surface area contributed by atoms with Crippen molar-refractivity contribution in [1.29, 1.82) is 0 Å². The van der Waals surface area contributed by atoms with Crippen LogP contribution in [0.25, 0.3) is 0 Å². The van der Waals surface area contributed by atoms with Crippen LogP contribution in [0, 0.1) is 0 Å². The Morgan fingerprint density at radius 3 is 2.56 bits per heavy atom. The van der Waals surface area contributed by atoms with E-state index >= 15 is 0 Å². The highest BCUT2D eigenvalue weighted by atomic mass is 14.9. The molecule has 0 aromatic carbocycles. The molecule has 0 saturated heterocycles. The van der Waals surface area contributed by atoms with Crippen molar-refractivity contribution in [2.45, 2.75) is 58.4 Å². The molecule has 0 amide bonds. The summed E-state index contributed by atoms with van der Waals surface area (Å²) >= 11 is 0. The molecule has 3 nitrogen and oxygen atoms in total. The van der Waals surface area contributed by atoms with Crippen LogP contribution in [0.1, 0.15) is 57.6 Å². The Morgan fingerprint density at radius 1 is 1.12 bits per heavy atom. The maximum absolute atomic E-state index is 3.98. The molecule has 16 heavy (non-hydrogen) atoms. The van der Waals surface area contributed by atoms with Crippen LogP contribution in [-0.2, 0) is 6.54 Å². The predicted molar refractivity (Wildman–Crippen MR) is 68.3 cm³/mol. The highest BCUT2D eigenvalue weighted by molar-refractivity contribution is 4.92. The third-order valence-corrected chi connectivity index (χ3v) is 2.83. The predicted octanol–water partition coefficient (Wildman–Crippen LogP) is 3.25. The molecule has 0 aliphatic carbocycles. The molecule has 0 saturated carbocycles. The van der Waals surface area contributed by atoms with Gasteiger partial charge < -0.3 is 10.3 Å². The van der Waals surface area contributed by atoms with Gasteiger partial charge >= 0.3 is 0 Å². The fourth-order valence-electron chi connectivity index (χ4n) is 1.81. The summed E-state index contributed by atoms with van der Waals surface area (Å²) in [6.07, 6.45) is 13.2. The van der Waals surface area contributed by atoms with Crippen molar-refractivity contribution in [1.82, 2.24) is 15.3 Å². The lowest BCUT2D eigenvalue weighted by atomic mass is 10.1. The number of nitrogens with one attached hydrogen (secondary N) is 2. The van der Waals surface area contributed by atoms with E-state index in [1.54, 1.807) is 6.33 Å². The number of H-pyrrole nitrogens is 1. The first kappa shape index (κ1) is 13.2. The van der Waals surface area contributed by atoms with Crippen LogP contribution in [0.2, 0.25) is 0 Å². The molecular formula is C13H25N3. The molecule has 1 aromatic rings. The van der Waals surface area contributed by atoms with Crippen molar-refractivity contribution < 1.29 is 0 Å². The van der Waals surface area contributed by atoms with Gasteiger partial charge in [-0.15, -0.1) is 0 Å². The standard InChI is InChI=1S/C13H25N3/c1-2-3-4-5-6-7-8-9-14-10-13-11-15-12-16-13/h11-12,14H,2-10H2,1H3,(H,15,16). The zero-order chi connectivity index (χ0) is 11.5. The SMILES string of the molecule is CCCCCCCCCNCc1cnc[nH]1. The average molecular weight is 223 g/mol. The van der Waals surface area contributed by atoms with Crippen molar-refractivity contribution in [3.63, 3.8) is 0 Å². The van der Waals surface area contributed by atoms with Crippen molar-refractivity contribution in [2.24, 2.45) is 0 Å². The summed E-state index contributed by atoms with van der Waals surface area (Å²) in [5, 5.41) is 3.42. The first-order valence-electron chi connectivity index (χ1n) is 6.61. The molecule has 0 aliphatic heterocycles. The van der Waals surface area contributed by atoms with Gasteiger partial charge in [-0.3, -0.25) is 0 Å². The molecule has 0 fully saturated rings. The molecule has 0 unspecified atom stereocenters. The molecule has 92 valence electrons. The summed E-state index contributed by atoms with van der Waals surface area (Å²) in [5.74, 6) is 0. The van der Waals surface area contributed by atoms with Crippen molar-refractivity contribution in [2.75, 3.05) is 6.54 Å². The summed E-state index contributed by atoms with van der Waals surface area (Å²) in [4.78, 5) is 7.07. The Morgan fingerprint density at radius 2 is 1.88 bits per heavy atom.